The number of aliphatic imine (C=N–C) groups is 1. The van der Waals surface area contributed by atoms with Crippen LogP contribution in [0.15, 0.2) is 53.5 Å². The number of halogens is 1. The van der Waals surface area contributed by atoms with Gasteiger partial charge in [-0.2, -0.15) is 0 Å². The Morgan fingerprint density at radius 2 is 1.80 bits per heavy atom. The molecular formula is C17H19ClN2. The van der Waals surface area contributed by atoms with Gasteiger partial charge in [0.15, 0.2) is 0 Å². The molecule has 2 rings (SSSR count). The van der Waals surface area contributed by atoms with Gasteiger partial charge in [0.05, 0.1) is 6.54 Å². The minimum Gasteiger partial charge on any atom is -0.308 e. The lowest BCUT2D eigenvalue weighted by Gasteiger charge is -2.09. The van der Waals surface area contributed by atoms with Crippen molar-refractivity contribution in [1.82, 2.24) is 4.90 Å². The lowest BCUT2D eigenvalue weighted by atomic mass is 10.0. The van der Waals surface area contributed by atoms with Gasteiger partial charge in [0.1, 0.15) is 0 Å². The molecule has 2 aromatic rings. The molecule has 0 spiro atoms. The molecule has 0 bridgehead atoms. The molecule has 0 heterocycles. The van der Waals surface area contributed by atoms with E-state index in [1.165, 1.54) is 0 Å². The summed E-state index contributed by atoms with van der Waals surface area (Å²) < 4.78 is 0. The average molecular weight is 287 g/mol. The van der Waals surface area contributed by atoms with E-state index in [-0.39, 0.29) is 0 Å². The molecule has 0 fully saturated rings. The highest BCUT2D eigenvalue weighted by atomic mass is 35.5. The van der Waals surface area contributed by atoms with Crippen molar-refractivity contribution >= 4 is 17.8 Å². The van der Waals surface area contributed by atoms with Gasteiger partial charge >= 0.3 is 0 Å². The monoisotopic (exact) mass is 286 g/mol. The van der Waals surface area contributed by atoms with Gasteiger partial charge in [-0.05, 0) is 31.3 Å². The summed E-state index contributed by atoms with van der Waals surface area (Å²) in [4.78, 5) is 6.59. The summed E-state index contributed by atoms with van der Waals surface area (Å²) in [6.45, 7) is 1.70. The summed E-state index contributed by atoms with van der Waals surface area (Å²) in [5.41, 5.74) is 3.26. The van der Waals surface area contributed by atoms with Crippen molar-refractivity contribution < 1.29 is 0 Å². The fourth-order valence-electron chi connectivity index (χ4n) is 1.95. The maximum absolute atomic E-state index is 6.32. The number of likely N-dealkylation sites (N-methyl/N-ethyl adjacent to an activating group) is 1. The molecule has 2 aromatic carbocycles. The van der Waals surface area contributed by atoms with Crippen LogP contribution in [0.2, 0.25) is 5.02 Å². The first-order chi connectivity index (χ1) is 9.68. The second kappa shape index (κ2) is 7.22. The third kappa shape index (κ3) is 3.92. The van der Waals surface area contributed by atoms with Crippen LogP contribution in [0.4, 0.5) is 0 Å². The van der Waals surface area contributed by atoms with Crippen LogP contribution >= 0.6 is 11.6 Å². The summed E-state index contributed by atoms with van der Waals surface area (Å²) in [6.07, 6.45) is 1.88. The van der Waals surface area contributed by atoms with E-state index in [0.29, 0.717) is 0 Å². The minimum absolute atomic E-state index is 0.736. The van der Waals surface area contributed by atoms with Gasteiger partial charge in [-0.3, -0.25) is 4.99 Å². The fourth-order valence-corrected chi connectivity index (χ4v) is 2.17. The van der Waals surface area contributed by atoms with Crippen LogP contribution in [0.5, 0.6) is 0 Å². The molecule has 2 nitrogen and oxygen atoms in total. The van der Waals surface area contributed by atoms with E-state index in [0.717, 1.165) is 34.8 Å². The molecule has 0 aromatic heterocycles. The number of benzene rings is 2. The highest BCUT2D eigenvalue weighted by molar-refractivity contribution is 6.33. The van der Waals surface area contributed by atoms with E-state index < -0.39 is 0 Å². The Labute approximate surface area is 125 Å². The maximum Gasteiger partial charge on any atom is 0.0516 e. The lowest BCUT2D eigenvalue weighted by Crippen LogP contribution is -2.15. The van der Waals surface area contributed by atoms with Crippen LogP contribution in [-0.4, -0.2) is 38.3 Å². The van der Waals surface area contributed by atoms with Crippen molar-refractivity contribution in [3.63, 3.8) is 0 Å². The van der Waals surface area contributed by atoms with Crippen molar-refractivity contribution in [3.05, 3.63) is 59.1 Å². The molecule has 3 heteroatoms. The van der Waals surface area contributed by atoms with Gasteiger partial charge in [0.25, 0.3) is 0 Å². The molecule has 20 heavy (non-hydrogen) atoms. The van der Waals surface area contributed by atoms with Crippen LogP contribution in [-0.2, 0) is 0 Å². The average Bonchev–Trinajstić information content (AvgIpc) is 2.45. The van der Waals surface area contributed by atoms with Gasteiger partial charge in [-0.25, -0.2) is 0 Å². The van der Waals surface area contributed by atoms with Crippen molar-refractivity contribution in [1.29, 1.82) is 0 Å². The number of hydrogen-bond acceptors (Lipinski definition) is 2. The SMILES string of the molecule is CN(C)CCN=Cc1c(Cl)cccc1-c1ccccc1. The van der Waals surface area contributed by atoms with Crippen LogP contribution in [0, 0.1) is 0 Å². The molecule has 0 saturated carbocycles. The number of rotatable bonds is 5. The van der Waals surface area contributed by atoms with E-state index in [1.54, 1.807) is 0 Å². The molecule has 0 aliphatic heterocycles. The first-order valence-electron chi connectivity index (χ1n) is 6.67. The summed E-state index contributed by atoms with van der Waals surface area (Å²) in [5.74, 6) is 0. The summed E-state index contributed by atoms with van der Waals surface area (Å²) in [6, 6.07) is 16.2. The van der Waals surface area contributed by atoms with E-state index in [4.69, 9.17) is 11.6 Å². The Kier molecular flexibility index (Phi) is 5.33. The molecule has 0 atom stereocenters. The minimum atomic E-state index is 0.736. The van der Waals surface area contributed by atoms with Gasteiger partial charge < -0.3 is 4.90 Å². The molecule has 0 saturated heterocycles. The van der Waals surface area contributed by atoms with Gasteiger partial charge in [-0.1, -0.05) is 54.1 Å². The smallest absolute Gasteiger partial charge is 0.0516 e. The Morgan fingerprint density at radius 1 is 1.05 bits per heavy atom. The summed E-state index contributed by atoms with van der Waals surface area (Å²) >= 11 is 6.32. The third-order valence-electron chi connectivity index (χ3n) is 3.03. The Hall–Kier alpha value is -1.64. The van der Waals surface area contributed by atoms with Gasteiger partial charge in [0.2, 0.25) is 0 Å². The van der Waals surface area contributed by atoms with Crippen LogP contribution in [0.1, 0.15) is 5.56 Å². The third-order valence-corrected chi connectivity index (χ3v) is 3.36. The van der Waals surface area contributed by atoms with Crippen molar-refractivity contribution in [2.45, 2.75) is 0 Å². The molecule has 0 unspecified atom stereocenters. The Bertz CT molecular complexity index is 577. The largest absolute Gasteiger partial charge is 0.308 e. The van der Waals surface area contributed by atoms with E-state index in [1.807, 2.05) is 50.6 Å². The molecular weight excluding hydrogens is 268 g/mol. The highest BCUT2D eigenvalue weighted by Gasteiger charge is 2.06. The van der Waals surface area contributed by atoms with Crippen molar-refractivity contribution in [2.24, 2.45) is 4.99 Å². The van der Waals surface area contributed by atoms with Crippen LogP contribution in [0.25, 0.3) is 11.1 Å². The topological polar surface area (TPSA) is 15.6 Å². The standard InChI is InChI=1S/C17H19ClN2/c1-20(2)12-11-19-13-16-15(9-6-10-17(16)18)14-7-4-3-5-8-14/h3-10,13H,11-12H2,1-2H3. The molecule has 0 radical (unpaired) electrons. The first-order valence-corrected chi connectivity index (χ1v) is 7.05. The highest BCUT2D eigenvalue weighted by Crippen LogP contribution is 2.27. The fraction of sp³-hybridized carbons (Fsp3) is 0.235. The normalized spacial score (nSPS) is 11.4. The Balaban J connectivity index is 2.28. The predicted molar refractivity (Wildman–Crippen MR) is 87.9 cm³/mol. The second-order valence-corrected chi connectivity index (χ2v) is 5.31. The molecule has 0 aliphatic carbocycles. The summed E-state index contributed by atoms with van der Waals surface area (Å²) in [5, 5.41) is 0.736. The van der Waals surface area contributed by atoms with Crippen LogP contribution < -0.4 is 0 Å². The van der Waals surface area contributed by atoms with E-state index >= 15 is 0 Å². The molecule has 0 N–H and O–H groups in total. The zero-order valence-corrected chi connectivity index (χ0v) is 12.6. The zero-order chi connectivity index (χ0) is 14.4. The lowest BCUT2D eigenvalue weighted by molar-refractivity contribution is 0.421. The van der Waals surface area contributed by atoms with Crippen molar-refractivity contribution in [3.8, 4) is 11.1 Å². The molecule has 0 aliphatic rings. The Morgan fingerprint density at radius 3 is 2.50 bits per heavy atom. The quantitative estimate of drug-likeness (QED) is 0.759. The second-order valence-electron chi connectivity index (χ2n) is 4.91. The number of hydrogen-bond donors (Lipinski definition) is 0. The zero-order valence-electron chi connectivity index (χ0n) is 11.9. The molecule has 0 amide bonds. The van der Waals surface area contributed by atoms with Crippen molar-refractivity contribution in [2.75, 3.05) is 27.2 Å². The summed E-state index contributed by atoms with van der Waals surface area (Å²) in [7, 11) is 4.08. The first kappa shape index (κ1) is 14.8. The van der Waals surface area contributed by atoms with Crippen LogP contribution in [0.3, 0.4) is 0 Å². The van der Waals surface area contributed by atoms with E-state index in [2.05, 4.69) is 28.1 Å². The van der Waals surface area contributed by atoms with Gasteiger partial charge in [0, 0.05) is 23.3 Å². The van der Waals surface area contributed by atoms with Gasteiger partial charge in [-0.15, -0.1) is 0 Å². The number of nitrogens with zero attached hydrogens (tertiary/aromatic N) is 2. The molecule has 104 valence electrons. The predicted octanol–water partition coefficient (Wildman–Crippen LogP) is 3.99. The van der Waals surface area contributed by atoms with E-state index in [9.17, 15) is 0 Å². The maximum atomic E-state index is 6.32.